The second kappa shape index (κ2) is 6.81. The fourth-order valence-corrected chi connectivity index (χ4v) is 2.78. The van der Waals surface area contributed by atoms with Crippen LogP contribution in [0.5, 0.6) is 0 Å². The fraction of sp³-hybridized carbons (Fsp3) is 0.250. The van der Waals surface area contributed by atoms with Gasteiger partial charge in [0.25, 0.3) is 5.69 Å². The average molecular weight is 377 g/mol. The summed E-state index contributed by atoms with van der Waals surface area (Å²) in [7, 11) is -3.65. The fourth-order valence-electron chi connectivity index (χ4n) is 1.43. The van der Waals surface area contributed by atoms with Gasteiger partial charge in [-0.05, 0) is 28.9 Å². The van der Waals surface area contributed by atoms with E-state index in [1.165, 1.54) is 25.1 Å². The molecule has 1 aromatic rings. The monoisotopic (exact) mass is 376 g/mol. The summed E-state index contributed by atoms with van der Waals surface area (Å²) in [4.78, 5) is 22.0. The molecule has 1 unspecified atom stereocenters. The van der Waals surface area contributed by atoms with Crippen LogP contribution in [0.2, 0.25) is 0 Å². The number of hydrogen-bond donors (Lipinski definition) is 1. The molecule has 1 amide bonds. The Bertz CT molecular complexity index is 687. The van der Waals surface area contributed by atoms with Crippen molar-refractivity contribution in [1.82, 2.24) is 0 Å². The van der Waals surface area contributed by atoms with Gasteiger partial charge in [-0.3, -0.25) is 14.9 Å². The zero-order valence-electron chi connectivity index (χ0n) is 11.1. The molecule has 0 aliphatic heterocycles. The summed E-state index contributed by atoms with van der Waals surface area (Å²) in [5, 5.41) is 11.8. The van der Waals surface area contributed by atoms with Gasteiger partial charge in [-0.25, -0.2) is 8.42 Å². The van der Waals surface area contributed by atoms with Crippen LogP contribution in [0.15, 0.2) is 35.3 Å². The lowest BCUT2D eigenvalue weighted by Crippen LogP contribution is -2.33. The van der Waals surface area contributed by atoms with Gasteiger partial charge in [0, 0.05) is 16.6 Å². The first-order valence-corrected chi connectivity index (χ1v) is 8.27. The predicted molar refractivity (Wildman–Crippen MR) is 82.9 cm³/mol. The molecule has 1 atom stereocenters. The molecular weight excluding hydrogens is 364 g/mol. The highest BCUT2D eigenvalue weighted by Crippen LogP contribution is 2.27. The quantitative estimate of drug-likeness (QED) is 0.465. The van der Waals surface area contributed by atoms with Gasteiger partial charge in [0.05, 0.1) is 16.4 Å². The second-order valence-corrected chi connectivity index (χ2v) is 7.39. The summed E-state index contributed by atoms with van der Waals surface area (Å²) < 4.78 is 24.0. The molecule has 0 heterocycles. The van der Waals surface area contributed by atoms with Gasteiger partial charge < -0.3 is 5.32 Å². The van der Waals surface area contributed by atoms with E-state index in [-0.39, 0.29) is 17.1 Å². The molecule has 1 aromatic carbocycles. The number of benzene rings is 1. The van der Waals surface area contributed by atoms with Gasteiger partial charge >= 0.3 is 0 Å². The van der Waals surface area contributed by atoms with Crippen LogP contribution in [0.1, 0.15) is 6.92 Å². The molecule has 7 nitrogen and oxygen atoms in total. The number of hydrogen-bond acceptors (Lipinski definition) is 5. The summed E-state index contributed by atoms with van der Waals surface area (Å²) in [5.41, 5.74) is -0.0787. The molecule has 1 rings (SSSR count). The molecule has 0 saturated carbocycles. The Labute approximate surface area is 130 Å². The van der Waals surface area contributed by atoms with Crippen molar-refractivity contribution in [3.8, 4) is 0 Å². The third-order valence-corrected chi connectivity index (χ3v) is 5.36. The number of rotatable bonds is 6. The number of nitro benzene ring substituents is 1. The van der Waals surface area contributed by atoms with E-state index in [0.717, 1.165) is 6.07 Å². The first-order chi connectivity index (χ1) is 9.69. The van der Waals surface area contributed by atoms with Crippen molar-refractivity contribution in [3.63, 3.8) is 0 Å². The number of carbonyl (C=O) groups is 1. The number of anilines is 1. The molecule has 0 saturated heterocycles. The van der Waals surface area contributed by atoms with Gasteiger partial charge in [-0.1, -0.05) is 6.08 Å². The molecule has 0 bridgehead atoms. The predicted octanol–water partition coefficient (Wildman–Crippen LogP) is 2.29. The summed E-state index contributed by atoms with van der Waals surface area (Å²) in [5.74, 6) is -1.09. The first-order valence-electron chi connectivity index (χ1n) is 5.76. The first kappa shape index (κ1) is 17.3. The zero-order chi connectivity index (χ0) is 16.2. The molecule has 0 aliphatic rings. The van der Waals surface area contributed by atoms with Gasteiger partial charge in [0.15, 0.2) is 9.84 Å². The summed E-state index contributed by atoms with van der Waals surface area (Å²) in [6.45, 7) is 4.57. The van der Waals surface area contributed by atoms with Crippen molar-refractivity contribution >= 4 is 43.0 Å². The Morgan fingerprint density at radius 2 is 2.19 bits per heavy atom. The highest BCUT2D eigenvalue weighted by molar-refractivity contribution is 9.10. The highest BCUT2D eigenvalue weighted by atomic mass is 79.9. The summed E-state index contributed by atoms with van der Waals surface area (Å²) >= 11 is 3.14. The zero-order valence-corrected chi connectivity index (χ0v) is 13.5. The van der Waals surface area contributed by atoms with E-state index in [0.29, 0.717) is 4.47 Å². The molecule has 0 radical (unpaired) electrons. The van der Waals surface area contributed by atoms with E-state index in [9.17, 15) is 23.3 Å². The second-order valence-electron chi connectivity index (χ2n) is 4.17. The van der Waals surface area contributed by atoms with Crippen LogP contribution in [0.3, 0.4) is 0 Å². The average Bonchev–Trinajstić information content (AvgIpc) is 2.39. The molecule has 21 heavy (non-hydrogen) atoms. The largest absolute Gasteiger partial charge is 0.324 e. The Hall–Kier alpha value is -1.74. The minimum absolute atomic E-state index is 0.134. The lowest BCUT2D eigenvalue weighted by Gasteiger charge is -2.13. The van der Waals surface area contributed by atoms with Crippen LogP contribution in [0.4, 0.5) is 11.4 Å². The SMILES string of the molecule is C=CCS(=O)(=O)C(C)C(=O)Nc1cc([N+](=O)[O-])ccc1Br. The number of sulfone groups is 1. The number of nitrogens with zero attached hydrogens (tertiary/aromatic N) is 1. The van der Waals surface area contributed by atoms with Gasteiger partial charge in [-0.15, -0.1) is 6.58 Å². The van der Waals surface area contributed by atoms with Crippen LogP contribution < -0.4 is 5.32 Å². The van der Waals surface area contributed by atoms with Crippen LogP contribution in [0.25, 0.3) is 0 Å². The molecule has 114 valence electrons. The van der Waals surface area contributed by atoms with E-state index in [1.807, 2.05) is 0 Å². The van der Waals surface area contributed by atoms with Gasteiger partial charge in [0.1, 0.15) is 5.25 Å². The maximum atomic E-state index is 12.0. The number of nitrogens with one attached hydrogen (secondary N) is 1. The topological polar surface area (TPSA) is 106 Å². The third kappa shape index (κ3) is 4.36. The molecule has 9 heteroatoms. The Morgan fingerprint density at radius 1 is 1.57 bits per heavy atom. The number of carbonyl (C=O) groups excluding carboxylic acids is 1. The third-order valence-electron chi connectivity index (χ3n) is 2.68. The number of non-ortho nitro benzene ring substituents is 1. The van der Waals surface area contributed by atoms with E-state index in [4.69, 9.17) is 0 Å². The lowest BCUT2D eigenvalue weighted by atomic mass is 10.2. The van der Waals surface area contributed by atoms with Crippen LogP contribution in [-0.4, -0.2) is 30.3 Å². The van der Waals surface area contributed by atoms with E-state index < -0.39 is 25.9 Å². The summed E-state index contributed by atoms with van der Waals surface area (Å²) in [6, 6.07) is 3.81. The number of amides is 1. The van der Waals surface area contributed by atoms with Crippen molar-refractivity contribution in [2.45, 2.75) is 12.2 Å². The van der Waals surface area contributed by atoms with Crippen LogP contribution >= 0.6 is 15.9 Å². The highest BCUT2D eigenvalue weighted by Gasteiger charge is 2.27. The Balaban J connectivity index is 3.01. The minimum Gasteiger partial charge on any atom is -0.324 e. The molecule has 0 aliphatic carbocycles. The molecule has 1 N–H and O–H groups in total. The maximum Gasteiger partial charge on any atom is 0.271 e. The standard InChI is InChI=1S/C12H13BrN2O5S/c1-3-6-21(19,20)8(2)12(16)14-11-7-9(15(17)18)4-5-10(11)13/h3-5,7-8H,1,6H2,2H3,(H,14,16). The summed E-state index contributed by atoms with van der Waals surface area (Å²) in [6.07, 6.45) is 1.20. The van der Waals surface area contributed by atoms with E-state index in [2.05, 4.69) is 27.8 Å². The van der Waals surface area contributed by atoms with Crippen molar-refractivity contribution in [2.24, 2.45) is 0 Å². The lowest BCUT2D eigenvalue weighted by molar-refractivity contribution is -0.384. The Kier molecular flexibility index (Phi) is 5.62. The van der Waals surface area contributed by atoms with E-state index in [1.54, 1.807) is 0 Å². The van der Waals surface area contributed by atoms with Crippen LogP contribution in [0, 0.1) is 10.1 Å². The smallest absolute Gasteiger partial charge is 0.271 e. The molecular formula is C12H13BrN2O5S. The minimum atomic E-state index is -3.65. The van der Waals surface area contributed by atoms with Gasteiger partial charge in [-0.2, -0.15) is 0 Å². The van der Waals surface area contributed by atoms with Crippen molar-refractivity contribution in [3.05, 3.63) is 45.4 Å². The van der Waals surface area contributed by atoms with Crippen molar-refractivity contribution < 1.29 is 18.1 Å². The number of nitro groups is 1. The number of halogens is 1. The van der Waals surface area contributed by atoms with Crippen molar-refractivity contribution in [1.29, 1.82) is 0 Å². The Morgan fingerprint density at radius 3 is 2.71 bits per heavy atom. The van der Waals surface area contributed by atoms with E-state index >= 15 is 0 Å². The molecule has 0 spiro atoms. The van der Waals surface area contributed by atoms with Crippen molar-refractivity contribution in [2.75, 3.05) is 11.1 Å². The molecule has 0 fully saturated rings. The van der Waals surface area contributed by atoms with Gasteiger partial charge in [0.2, 0.25) is 5.91 Å². The van der Waals surface area contributed by atoms with Crippen LogP contribution in [-0.2, 0) is 14.6 Å². The normalized spacial score (nSPS) is 12.5. The maximum absolute atomic E-state index is 12.0. The molecule has 0 aromatic heterocycles.